The first kappa shape index (κ1) is 28.5. The molecule has 39 heavy (non-hydrogen) atoms. The summed E-state index contributed by atoms with van der Waals surface area (Å²) in [5.41, 5.74) is 7.48. The molecule has 4 rings (SSSR count). The van der Waals surface area contributed by atoms with Crippen molar-refractivity contribution in [3.63, 3.8) is 0 Å². The lowest BCUT2D eigenvalue weighted by Gasteiger charge is -2.24. The third-order valence-electron chi connectivity index (χ3n) is 6.19. The molecule has 0 spiro atoms. The van der Waals surface area contributed by atoms with E-state index in [4.69, 9.17) is 11.6 Å². The van der Waals surface area contributed by atoms with Crippen molar-refractivity contribution >= 4 is 51.2 Å². The van der Waals surface area contributed by atoms with Crippen molar-refractivity contribution in [1.82, 2.24) is 9.99 Å². The summed E-state index contributed by atoms with van der Waals surface area (Å²) < 4.78 is 30.3. The summed E-state index contributed by atoms with van der Waals surface area (Å²) >= 11 is 7.69. The Kier molecular flexibility index (Phi) is 8.84. The third-order valence-corrected chi connectivity index (χ3v) is 8.95. The Morgan fingerprint density at radius 2 is 1.72 bits per heavy atom. The average molecular weight is 581 g/mol. The molecular weight excluding hydrogens is 552 g/mol. The number of nitrogens with one attached hydrogen (secondary N) is 1. The molecule has 202 valence electrons. The van der Waals surface area contributed by atoms with Crippen LogP contribution in [-0.4, -0.2) is 37.9 Å². The molecule has 0 aliphatic carbocycles. The van der Waals surface area contributed by atoms with E-state index in [9.17, 15) is 13.2 Å². The van der Waals surface area contributed by atoms with Crippen molar-refractivity contribution in [2.75, 3.05) is 17.1 Å². The lowest BCUT2D eigenvalue weighted by molar-refractivity contribution is -0.119. The molecule has 7 nitrogen and oxygen atoms in total. The quantitative estimate of drug-likeness (QED) is 0.147. The summed E-state index contributed by atoms with van der Waals surface area (Å²) in [6.45, 7) is 5.40. The zero-order valence-corrected chi connectivity index (χ0v) is 24.4. The number of carbonyl (C=O) groups excluding carboxylic acids is 1. The number of sulfonamides is 1. The van der Waals surface area contributed by atoms with Crippen molar-refractivity contribution in [1.29, 1.82) is 0 Å². The molecule has 0 bridgehead atoms. The lowest BCUT2D eigenvalue weighted by Crippen LogP contribution is -2.39. The van der Waals surface area contributed by atoms with Crippen LogP contribution in [0.5, 0.6) is 0 Å². The minimum absolute atomic E-state index is 0.102. The van der Waals surface area contributed by atoms with Crippen molar-refractivity contribution in [2.24, 2.45) is 5.10 Å². The molecule has 4 aromatic rings. The van der Waals surface area contributed by atoms with Gasteiger partial charge < -0.3 is 4.57 Å². The van der Waals surface area contributed by atoms with Crippen LogP contribution in [0.3, 0.4) is 0 Å². The number of thioether (sulfide) groups is 1. The minimum Gasteiger partial charge on any atom is -0.318 e. The van der Waals surface area contributed by atoms with Crippen LogP contribution in [0.1, 0.15) is 22.5 Å². The van der Waals surface area contributed by atoms with E-state index in [1.807, 2.05) is 61.9 Å². The molecule has 1 amide bonds. The molecule has 3 aromatic carbocycles. The molecule has 0 saturated carbocycles. The number of nitrogens with zero attached hydrogens (tertiary/aromatic N) is 3. The fourth-order valence-corrected chi connectivity index (χ4v) is 6.19. The van der Waals surface area contributed by atoms with Gasteiger partial charge in [-0.25, -0.2) is 13.8 Å². The second kappa shape index (κ2) is 12.1. The van der Waals surface area contributed by atoms with Gasteiger partial charge in [-0.2, -0.15) is 5.10 Å². The number of hydrogen-bond donors (Lipinski definition) is 1. The van der Waals surface area contributed by atoms with E-state index in [1.165, 1.54) is 11.8 Å². The molecule has 1 heterocycles. The van der Waals surface area contributed by atoms with Crippen LogP contribution < -0.4 is 9.73 Å². The third kappa shape index (κ3) is 6.55. The number of hydrazone groups is 1. The van der Waals surface area contributed by atoms with Gasteiger partial charge in [-0.15, -0.1) is 11.8 Å². The van der Waals surface area contributed by atoms with E-state index in [0.717, 1.165) is 37.4 Å². The Morgan fingerprint density at radius 3 is 2.36 bits per heavy atom. The van der Waals surface area contributed by atoms with Gasteiger partial charge in [0.2, 0.25) is 0 Å². The van der Waals surface area contributed by atoms with Gasteiger partial charge in [0.05, 0.1) is 16.8 Å². The largest absolute Gasteiger partial charge is 0.318 e. The molecule has 0 fully saturated rings. The molecule has 10 heteroatoms. The van der Waals surface area contributed by atoms with E-state index >= 15 is 0 Å². The number of aromatic nitrogens is 1. The number of halogens is 1. The summed E-state index contributed by atoms with van der Waals surface area (Å²) in [5, 5.41) is 4.75. The number of anilines is 1. The first-order valence-electron chi connectivity index (χ1n) is 12.1. The number of rotatable bonds is 9. The van der Waals surface area contributed by atoms with Gasteiger partial charge in [0.1, 0.15) is 6.54 Å². The molecule has 0 unspecified atom stereocenters. The minimum atomic E-state index is -4.01. The molecule has 1 aromatic heterocycles. The van der Waals surface area contributed by atoms with Crippen molar-refractivity contribution in [3.05, 3.63) is 106 Å². The predicted octanol–water partition coefficient (Wildman–Crippen LogP) is 6.12. The summed E-state index contributed by atoms with van der Waals surface area (Å²) in [7, 11) is -4.01. The normalized spacial score (nSPS) is 11.6. The highest BCUT2D eigenvalue weighted by Crippen LogP contribution is 2.26. The molecule has 0 aliphatic heterocycles. The molecular formula is C29H29ClN4O3S2. The highest BCUT2D eigenvalue weighted by Gasteiger charge is 2.27. The maximum absolute atomic E-state index is 13.6. The Balaban J connectivity index is 1.55. The zero-order valence-electron chi connectivity index (χ0n) is 22.1. The van der Waals surface area contributed by atoms with Crippen LogP contribution in [0, 0.1) is 20.8 Å². The Labute approximate surface area is 238 Å². The van der Waals surface area contributed by atoms with Crippen LogP contribution in [-0.2, 0) is 14.8 Å². The smallest absolute Gasteiger partial charge is 0.264 e. The van der Waals surface area contributed by atoms with Gasteiger partial charge in [-0.1, -0.05) is 35.4 Å². The van der Waals surface area contributed by atoms with E-state index in [1.54, 1.807) is 54.7 Å². The first-order valence-corrected chi connectivity index (χ1v) is 15.1. The number of carbonyl (C=O) groups is 1. The molecule has 1 N–H and O–H groups in total. The maximum atomic E-state index is 13.6. The first-order chi connectivity index (χ1) is 18.6. The van der Waals surface area contributed by atoms with Crippen LogP contribution in [0.15, 0.2) is 93.8 Å². The molecule has 0 atom stereocenters. The molecule has 0 saturated heterocycles. The van der Waals surface area contributed by atoms with Crippen molar-refractivity contribution in [3.8, 4) is 5.69 Å². The van der Waals surface area contributed by atoms with E-state index in [2.05, 4.69) is 10.5 Å². The second-order valence-corrected chi connectivity index (χ2v) is 12.1. The lowest BCUT2D eigenvalue weighted by atomic mass is 10.2. The number of benzene rings is 3. The van der Waals surface area contributed by atoms with Crippen LogP contribution in [0.25, 0.3) is 5.69 Å². The summed E-state index contributed by atoms with van der Waals surface area (Å²) in [6, 6.07) is 23.1. The average Bonchev–Trinajstić information content (AvgIpc) is 3.20. The van der Waals surface area contributed by atoms with Crippen LogP contribution >= 0.6 is 23.4 Å². The SMILES string of the molecule is CSc1ccc(S(=O)(=O)N(CC(=O)N/N=C\c2cc(C)n(-c3cccc(Cl)c3)c2C)c2ccc(C)cc2)cc1. The van der Waals surface area contributed by atoms with Gasteiger partial charge in [0, 0.05) is 32.6 Å². The van der Waals surface area contributed by atoms with E-state index in [0.29, 0.717) is 10.7 Å². The van der Waals surface area contributed by atoms with Gasteiger partial charge >= 0.3 is 0 Å². The monoisotopic (exact) mass is 580 g/mol. The maximum Gasteiger partial charge on any atom is 0.264 e. The van der Waals surface area contributed by atoms with Gasteiger partial charge in [0.25, 0.3) is 15.9 Å². The van der Waals surface area contributed by atoms with Gasteiger partial charge in [0.15, 0.2) is 0 Å². The Morgan fingerprint density at radius 1 is 1.03 bits per heavy atom. The van der Waals surface area contributed by atoms with Gasteiger partial charge in [-0.3, -0.25) is 9.10 Å². The zero-order chi connectivity index (χ0) is 28.2. The number of aryl methyl sites for hydroxylation is 2. The molecule has 0 aliphatic rings. The summed E-state index contributed by atoms with van der Waals surface area (Å²) in [4.78, 5) is 14.0. The fourth-order valence-electron chi connectivity index (χ4n) is 4.17. The highest BCUT2D eigenvalue weighted by molar-refractivity contribution is 7.98. The number of amides is 1. The second-order valence-electron chi connectivity index (χ2n) is 8.96. The predicted molar refractivity (Wildman–Crippen MR) is 160 cm³/mol. The van der Waals surface area contributed by atoms with E-state index < -0.39 is 22.5 Å². The van der Waals surface area contributed by atoms with Crippen molar-refractivity contribution in [2.45, 2.75) is 30.6 Å². The van der Waals surface area contributed by atoms with Gasteiger partial charge in [-0.05, 0) is 87.7 Å². The summed E-state index contributed by atoms with van der Waals surface area (Å²) in [6.07, 6.45) is 3.47. The van der Waals surface area contributed by atoms with E-state index in [-0.39, 0.29) is 4.90 Å². The Hall–Kier alpha value is -3.53. The topological polar surface area (TPSA) is 83.8 Å². The summed E-state index contributed by atoms with van der Waals surface area (Å²) in [5.74, 6) is -0.570. The molecule has 0 radical (unpaired) electrons. The van der Waals surface area contributed by atoms with Crippen LogP contribution in [0.4, 0.5) is 5.69 Å². The fraction of sp³-hybridized carbons (Fsp3) is 0.172. The standard InChI is InChI=1S/C29H29ClN4O3S2/c1-20-8-10-25(11-9-20)33(39(36,37)28-14-12-27(38-4)13-15-28)19-29(35)32-31-18-23-16-21(2)34(22(23)3)26-7-5-6-24(30)17-26/h5-18H,19H2,1-4H3,(H,32,35)/b31-18-. The number of hydrogen-bond acceptors (Lipinski definition) is 5. The highest BCUT2D eigenvalue weighted by atomic mass is 35.5. The van der Waals surface area contributed by atoms with Crippen LogP contribution in [0.2, 0.25) is 5.02 Å². The van der Waals surface area contributed by atoms with Crippen molar-refractivity contribution < 1.29 is 13.2 Å². The Bertz CT molecular complexity index is 1610.